The minimum Gasteiger partial charge on any atom is -0.387 e. The normalized spacial score (nSPS) is 22.9. The first-order valence-corrected chi connectivity index (χ1v) is 7.52. The van der Waals surface area contributed by atoms with Gasteiger partial charge in [0.2, 0.25) is 0 Å². The summed E-state index contributed by atoms with van der Waals surface area (Å²) in [5, 5.41) is 17.5. The minimum atomic E-state index is -0.603. The predicted molar refractivity (Wildman–Crippen MR) is 81.0 cm³/mol. The number of ether oxygens (including phenoxy) is 1. The number of benzene rings is 1. The Morgan fingerprint density at radius 2 is 2.15 bits per heavy atom. The van der Waals surface area contributed by atoms with Crippen molar-refractivity contribution in [2.75, 3.05) is 32.8 Å². The zero-order valence-corrected chi connectivity index (χ0v) is 12.5. The number of nitrogens with one attached hydrogen (secondary N) is 2. The van der Waals surface area contributed by atoms with Gasteiger partial charge < -0.3 is 20.5 Å². The van der Waals surface area contributed by atoms with E-state index in [-0.39, 0.29) is 0 Å². The molecule has 2 rings (SSSR count). The third-order valence-corrected chi connectivity index (χ3v) is 3.76. The van der Waals surface area contributed by atoms with Crippen molar-refractivity contribution in [1.82, 2.24) is 10.6 Å². The molecule has 1 saturated heterocycles. The number of hydrogen-bond donors (Lipinski definition) is 3. The van der Waals surface area contributed by atoms with Crippen molar-refractivity contribution in [3.63, 3.8) is 0 Å². The first-order valence-electron chi connectivity index (χ1n) is 7.14. The number of β-amino-alcohol motifs (C(OH)–C–C–N with tert-alkyl or cyclic N) is 1. The van der Waals surface area contributed by atoms with Crippen molar-refractivity contribution in [3.05, 3.63) is 34.9 Å². The third kappa shape index (κ3) is 5.38. The summed E-state index contributed by atoms with van der Waals surface area (Å²) in [6.07, 6.45) is 1.89. The van der Waals surface area contributed by atoms with Crippen LogP contribution in [-0.2, 0) is 11.3 Å². The van der Waals surface area contributed by atoms with E-state index in [1.807, 2.05) is 24.3 Å². The molecule has 1 aliphatic heterocycles. The van der Waals surface area contributed by atoms with Crippen LogP contribution >= 0.6 is 11.6 Å². The van der Waals surface area contributed by atoms with Crippen LogP contribution in [0.25, 0.3) is 0 Å². The first-order chi connectivity index (χ1) is 9.68. The van der Waals surface area contributed by atoms with Crippen LogP contribution in [0.1, 0.15) is 18.4 Å². The van der Waals surface area contributed by atoms with Crippen LogP contribution in [0.15, 0.2) is 24.3 Å². The van der Waals surface area contributed by atoms with Crippen molar-refractivity contribution in [2.45, 2.75) is 25.0 Å². The largest absolute Gasteiger partial charge is 0.387 e. The average Bonchev–Trinajstić information content (AvgIpc) is 2.45. The topological polar surface area (TPSA) is 53.5 Å². The van der Waals surface area contributed by atoms with E-state index in [0.29, 0.717) is 26.3 Å². The second-order valence-corrected chi connectivity index (χ2v) is 5.80. The lowest BCUT2D eigenvalue weighted by Crippen LogP contribution is -2.52. The molecule has 0 saturated carbocycles. The Balaban J connectivity index is 1.54. The number of halogens is 1. The molecular formula is C15H23ClN2O2. The Hall–Kier alpha value is -0.650. The maximum atomic E-state index is 10.3. The Kier molecular flexibility index (Phi) is 6.26. The molecule has 4 nitrogen and oxygen atoms in total. The van der Waals surface area contributed by atoms with Crippen LogP contribution in [0.4, 0.5) is 0 Å². The zero-order chi connectivity index (χ0) is 14.3. The highest BCUT2D eigenvalue weighted by atomic mass is 35.5. The SMILES string of the molecule is O[C@@]1(CNCCOCc2ccc(Cl)cc2)CCCNC1. The summed E-state index contributed by atoms with van der Waals surface area (Å²) in [4.78, 5) is 0. The molecule has 0 aliphatic carbocycles. The van der Waals surface area contributed by atoms with Gasteiger partial charge in [0.05, 0.1) is 18.8 Å². The molecule has 0 amide bonds. The fourth-order valence-corrected chi connectivity index (χ4v) is 2.46. The predicted octanol–water partition coefficient (Wildman–Crippen LogP) is 1.56. The minimum absolute atomic E-state index is 0.588. The number of rotatable bonds is 7. The van der Waals surface area contributed by atoms with Gasteiger partial charge in [0.15, 0.2) is 0 Å². The summed E-state index contributed by atoms with van der Waals surface area (Å²) >= 11 is 5.82. The fourth-order valence-electron chi connectivity index (χ4n) is 2.34. The van der Waals surface area contributed by atoms with Gasteiger partial charge in [0, 0.05) is 24.7 Å². The van der Waals surface area contributed by atoms with Gasteiger partial charge in [0.1, 0.15) is 0 Å². The van der Waals surface area contributed by atoms with E-state index >= 15 is 0 Å². The van der Waals surface area contributed by atoms with E-state index in [4.69, 9.17) is 16.3 Å². The highest BCUT2D eigenvalue weighted by Crippen LogP contribution is 2.14. The molecule has 0 aromatic heterocycles. The summed E-state index contributed by atoms with van der Waals surface area (Å²) < 4.78 is 5.58. The molecule has 5 heteroatoms. The summed E-state index contributed by atoms with van der Waals surface area (Å²) in [5.74, 6) is 0. The molecule has 1 atom stereocenters. The number of piperidine rings is 1. The molecule has 112 valence electrons. The lowest BCUT2D eigenvalue weighted by Gasteiger charge is -2.32. The summed E-state index contributed by atoms with van der Waals surface area (Å²) in [6, 6.07) is 7.66. The third-order valence-electron chi connectivity index (χ3n) is 3.51. The summed E-state index contributed by atoms with van der Waals surface area (Å²) in [5.41, 5.74) is 0.513. The van der Waals surface area contributed by atoms with E-state index in [9.17, 15) is 5.11 Å². The van der Waals surface area contributed by atoms with Crippen molar-refractivity contribution in [1.29, 1.82) is 0 Å². The summed E-state index contributed by atoms with van der Waals surface area (Å²) in [6.45, 7) is 4.26. The molecule has 1 aromatic rings. The quantitative estimate of drug-likeness (QED) is 0.669. The fraction of sp³-hybridized carbons (Fsp3) is 0.600. The highest BCUT2D eigenvalue weighted by molar-refractivity contribution is 6.30. The molecule has 1 aromatic carbocycles. The van der Waals surface area contributed by atoms with E-state index in [2.05, 4.69) is 10.6 Å². The molecule has 1 fully saturated rings. The molecule has 0 unspecified atom stereocenters. The van der Waals surface area contributed by atoms with Gasteiger partial charge in [0.25, 0.3) is 0 Å². The molecule has 3 N–H and O–H groups in total. The maximum absolute atomic E-state index is 10.3. The van der Waals surface area contributed by atoms with E-state index < -0.39 is 5.60 Å². The van der Waals surface area contributed by atoms with Gasteiger partial charge in [-0.1, -0.05) is 23.7 Å². The van der Waals surface area contributed by atoms with Crippen LogP contribution in [0.3, 0.4) is 0 Å². The van der Waals surface area contributed by atoms with Gasteiger partial charge >= 0.3 is 0 Å². The van der Waals surface area contributed by atoms with Gasteiger partial charge in [-0.15, -0.1) is 0 Å². The van der Waals surface area contributed by atoms with E-state index in [1.54, 1.807) is 0 Å². The maximum Gasteiger partial charge on any atom is 0.0895 e. The smallest absolute Gasteiger partial charge is 0.0895 e. The average molecular weight is 299 g/mol. The second kappa shape index (κ2) is 7.96. The molecule has 1 aliphatic rings. The Morgan fingerprint density at radius 1 is 1.35 bits per heavy atom. The van der Waals surface area contributed by atoms with Crippen molar-refractivity contribution in [2.24, 2.45) is 0 Å². The molecule has 1 heterocycles. The van der Waals surface area contributed by atoms with Crippen molar-refractivity contribution in [3.8, 4) is 0 Å². The van der Waals surface area contributed by atoms with Crippen LogP contribution in [0, 0.1) is 0 Å². The lowest BCUT2D eigenvalue weighted by molar-refractivity contribution is 0.0150. The van der Waals surface area contributed by atoms with Gasteiger partial charge in [-0.2, -0.15) is 0 Å². The number of hydrogen-bond acceptors (Lipinski definition) is 4. The number of aliphatic hydroxyl groups is 1. The van der Waals surface area contributed by atoms with Crippen LogP contribution in [0.2, 0.25) is 5.02 Å². The molecule has 20 heavy (non-hydrogen) atoms. The molecule has 0 radical (unpaired) electrons. The standard InChI is InChI=1S/C15H23ClN2O2/c16-14-4-2-13(3-5-14)10-20-9-8-18-12-15(19)6-1-7-17-11-15/h2-5,17-19H,1,6-12H2/t15-/m0/s1. The van der Waals surface area contributed by atoms with Gasteiger partial charge in [-0.05, 0) is 37.1 Å². The molecule has 0 spiro atoms. The van der Waals surface area contributed by atoms with Crippen LogP contribution in [0.5, 0.6) is 0 Å². The monoisotopic (exact) mass is 298 g/mol. The Bertz CT molecular complexity index is 391. The summed E-state index contributed by atoms with van der Waals surface area (Å²) in [7, 11) is 0. The van der Waals surface area contributed by atoms with Crippen molar-refractivity contribution < 1.29 is 9.84 Å². The van der Waals surface area contributed by atoms with Crippen molar-refractivity contribution >= 4 is 11.6 Å². The zero-order valence-electron chi connectivity index (χ0n) is 11.7. The highest BCUT2D eigenvalue weighted by Gasteiger charge is 2.28. The Labute approximate surface area is 125 Å². The molecule has 0 bridgehead atoms. The second-order valence-electron chi connectivity index (χ2n) is 5.36. The van der Waals surface area contributed by atoms with E-state index in [0.717, 1.165) is 36.5 Å². The van der Waals surface area contributed by atoms with Crippen LogP contribution < -0.4 is 10.6 Å². The Morgan fingerprint density at radius 3 is 2.85 bits per heavy atom. The first kappa shape index (κ1) is 15.7. The van der Waals surface area contributed by atoms with Gasteiger partial charge in [-0.25, -0.2) is 0 Å². The van der Waals surface area contributed by atoms with Gasteiger partial charge in [-0.3, -0.25) is 0 Å². The lowest BCUT2D eigenvalue weighted by atomic mass is 9.94. The van der Waals surface area contributed by atoms with Crippen LogP contribution in [-0.4, -0.2) is 43.5 Å². The molecular weight excluding hydrogens is 276 g/mol. The van der Waals surface area contributed by atoms with E-state index in [1.165, 1.54) is 0 Å².